The van der Waals surface area contributed by atoms with E-state index >= 15 is 0 Å². The van der Waals surface area contributed by atoms with Crippen LogP contribution in [0.3, 0.4) is 0 Å². The lowest BCUT2D eigenvalue weighted by Gasteiger charge is -2.28. The second-order valence-corrected chi connectivity index (χ2v) is 7.00. The molecule has 2 unspecified atom stereocenters. The van der Waals surface area contributed by atoms with Gasteiger partial charge in [-0.2, -0.15) is 16.9 Å². The van der Waals surface area contributed by atoms with E-state index in [-0.39, 0.29) is 11.0 Å². The second kappa shape index (κ2) is 7.36. The first-order valence-corrected chi connectivity index (χ1v) is 8.65. The highest BCUT2D eigenvalue weighted by Gasteiger charge is 2.33. The smallest absolute Gasteiger partial charge is 0.194 e. The monoisotopic (exact) mass is 300 g/mol. The predicted octanol–water partition coefficient (Wildman–Crippen LogP) is 2.34. The normalized spacial score (nSPS) is 23.5. The van der Waals surface area contributed by atoms with Crippen LogP contribution in [-0.4, -0.2) is 51.3 Å². The zero-order chi connectivity index (χ0) is 13.7. The molecule has 106 valence electrons. The van der Waals surface area contributed by atoms with E-state index in [2.05, 4.69) is 12.0 Å². The molecule has 0 amide bonds. The summed E-state index contributed by atoms with van der Waals surface area (Å²) in [4.78, 5) is 12.7. The largest absolute Gasteiger partial charge is 0.383 e. The molecule has 4 nitrogen and oxygen atoms in total. The average Bonchev–Trinajstić information content (AvgIpc) is 2.92. The molecule has 1 aromatic heterocycles. The molecule has 1 aliphatic heterocycles. The second-order valence-electron chi connectivity index (χ2n) is 4.41. The van der Waals surface area contributed by atoms with Crippen molar-refractivity contribution in [3.63, 3.8) is 0 Å². The van der Waals surface area contributed by atoms with E-state index < -0.39 is 0 Å². The summed E-state index contributed by atoms with van der Waals surface area (Å²) in [7, 11) is 1.66. The molecule has 1 saturated heterocycles. The summed E-state index contributed by atoms with van der Waals surface area (Å²) >= 11 is 3.72. The van der Waals surface area contributed by atoms with E-state index in [1.807, 2.05) is 17.8 Å². The molecule has 0 radical (unpaired) electrons. The van der Waals surface area contributed by atoms with Crippen molar-refractivity contribution < 1.29 is 9.53 Å². The van der Waals surface area contributed by atoms with E-state index in [0.717, 1.165) is 23.6 Å². The van der Waals surface area contributed by atoms with Gasteiger partial charge in [0.2, 0.25) is 0 Å². The molecule has 0 aliphatic carbocycles. The standard InChI is InChI=1S/C13H20N2O2S2/c1-3-11-13(19-9-8-18-11)12(16)10-4-5-14-15(10)6-7-17-2/h4-5,11,13H,3,6-9H2,1-2H3. The summed E-state index contributed by atoms with van der Waals surface area (Å²) in [6, 6.07) is 1.82. The lowest BCUT2D eigenvalue weighted by molar-refractivity contribution is 0.0974. The van der Waals surface area contributed by atoms with Crippen molar-refractivity contribution in [3.05, 3.63) is 18.0 Å². The van der Waals surface area contributed by atoms with Crippen molar-refractivity contribution in [2.45, 2.75) is 30.4 Å². The van der Waals surface area contributed by atoms with E-state index in [1.54, 1.807) is 29.8 Å². The first-order valence-electron chi connectivity index (χ1n) is 6.56. The summed E-state index contributed by atoms with van der Waals surface area (Å²) in [6.07, 6.45) is 2.74. The molecule has 2 heterocycles. The SMILES string of the molecule is CCC1SCCSC1C(=O)c1ccnn1CCOC. The lowest BCUT2D eigenvalue weighted by Crippen LogP contribution is -2.34. The fraction of sp³-hybridized carbons (Fsp3) is 0.692. The molecule has 2 atom stereocenters. The third-order valence-electron chi connectivity index (χ3n) is 3.19. The zero-order valence-electron chi connectivity index (χ0n) is 11.4. The van der Waals surface area contributed by atoms with Gasteiger partial charge in [-0.25, -0.2) is 0 Å². The Bertz CT molecular complexity index is 423. The van der Waals surface area contributed by atoms with Crippen LogP contribution in [0, 0.1) is 0 Å². The number of thioether (sulfide) groups is 2. The molecule has 0 N–H and O–H groups in total. The van der Waals surface area contributed by atoms with Crippen LogP contribution in [0.15, 0.2) is 12.3 Å². The molecule has 2 rings (SSSR count). The molecule has 0 spiro atoms. The van der Waals surface area contributed by atoms with Crippen LogP contribution in [-0.2, 0) is 11.3 Å². The third-order valence-corrected chi connectivity index (χ3v) is 6.43. The summed E-state index contributed by atoms with van der Waals surface area (Å²) in [5, 5.41) is 4.72. The van der Waals surface area contributed by atoms with Gasteiger partial charge in [-0.3, -0.25) is 9.48 Å². The van der Waals surface area contributed by atoms with Crippen LogP contribution < -0.4 is 0 Å². The molecule has 0 aromatic carbocycles. The Kier molecular flexibility index (Phi) is 5.78. The van der Waals surface area contributed by atoms with Crippen LogP contribution in [0.2, 0.25) is 0 Å². The van der Waals surface area contributed by atoms with Gasteiger partial charge in [0.05, 0.1) is 18.4 Å². The molecule has 1 fully saturated rings. The average molecular weight is 300 g/mol. The van der Waals surface area contributed by atoms with E-state index in [4.69, 9.17) is 4.74 Å². The number of ketones is 1. The van der Waals surface area contributed by atoms with Crippen LogP contribution in [0.25, 0.3) is 0 Å². The van der Waals surface area contributed by atoms with Gasteiger partial charge in [0.15, 0.2) is 5.78 Å². The van der Waals surface area contributed by atoms with E-state index in [9.17, 15) is 4.79 Å². The number of rotatable bonds is 6. The molecule has 0 bridgehead atoms. The van der Waals surface area contributed by atoms with Gasteiger partial charge in [0, 0.05) is 30.1 Å². The summed E-state index contributed by atoms with van der Waals surface area (Å²) in [5.74, 6) is 2.43. The first-order chi connectivity index (χ1) is 9.27. The Morgan fingerprint density at radius 3 is 3.05 bits per heavy atom. The molecule has 1 aromatic rings. The van der Waals surface area contributed by atoms with E-state index in [0.29, 0.717) is 18.4 Å². The molecule has 19 heavy (non-hydrogen) atoms. The molecule has 1 aliphatic rings. The predicted molar refractivity (Wildman–Crippen MR) is 81.2 cm³/mol. The van der Waals surface area contributed by atoms with Gasteiger partial charge in [0.1, 0.15) is 5.69 Å². The van der Waals surface area contributed by atoms with Crippen molar-refractivity contribution in [1.29, 1.82) is 0 Å². The van der Waals surface area contributed by atoms with Crippen molar-refractivity contribution >= 4 is 29.3 Å². The summed E-state index contributed by atoms with van der Waals surface area (Å²) < 4.78 is 6.82. The summed E-state index contributed by atoms with van der Waals surface area (Å²) in [6.45, 7) is 3.36. The van der Waals surface area contributed by atoms with Gasteiger partial charge in [-0.1, -0.05) is 6.92 Å². The fourth-order valence-corrected chi connectivity index (χ4v) is 5.20. The van der Waals surface area contributed by atoms with Crippen LogP contribution >= 0.6 is 23.5 Å². The maximum absolute atomic E-state index is 12.7. The highest BCUT2D eigenvalue weighted by atomic mass is 32.2. The van der Waals surface area contributed by atoms with Crippen LogP contribution in [0.1, 0.15) is 23.8 Å². The maximum Gasteiger partial charge on any atom is 0.194 e. The number of carbonyl (C=O) groups excluding carboxylic acids is 1. The minimum Gasteiger partial charge on any atom is -0.383 e. The minimum atomic E-state index is 0.0711. The van der Waals surface area contributed by atoms with Crippen molar-refractivity contribution in [2.75, 3.05) is 25.2 Å². The number of hydrogen-bond acceptors (Lipinski definition) is 5. The maximum atomic E-state index is 12.7. The van der Waals surface area contributed by atoms with Crippen molar-refractivity contribution in [3.8, 4) is 0 Å². The number of ether oxygens (including phenoxy) is 1. The number of hydrogen-bond donors (Lipinski definition) is 0. The van der Waals surface area contributed by atoms with Crippen molar-refractivity contribution in [2.24, 2.45) is 0 Å². The topological polar surface area (TPSA) is 44.1 Å². The molecule has 6 heteroatoms. The highest BCUT2D eigenvalue weighted by molar-refractivity contribution is 8.07. The van der Waals surface area contributed by atoms with Crippen molar-refractivity contribution in [1.82, 2.24) is 9.78 Å². The Labute approximate surface area is 122 Å². The van der Waals surface area contributed by atoms with Crippen LogP contribution in [0.4, 0.5) is 0 Å². The number of nitrogens with zero attached hydrogens (tertiary/aromatic N) is 2. The van der Waals surface area contributed by atoms with Gasteiger partial charge in [0.25, 0.3) is 0 Å². The molecular weight excluding hydrogens is 280 g/mol. The zero-order valence-corrected chi connectivity index (χ0v) is 13.0. The lowest BCUT2D eigenvalue weighted by atomic mass is 10.1. The number of Topliss-reactive ketones (excluding diaryl/α,β-unsaturated/α-hetero) is 1. The number of methoxy groups -OCH3 is 1. The minimum absolute atomic E-state index is 0.0711. The highest BCUT2D eigenvalue weighted by Crippen LogP contribution is 2.35. The Balaban J connectivity index is 2.11. The van der Waals surface area contributed by atoms with Gasteiger partial charge in [-0.05, 0) is 12.5 Å². The van der Waals surface area contributed by atoms with Gasteiger partial charge >= 0.3 is 0 Å². The van der Waals surface area contributed by atoms with Crippen LogP contribution in [0.5, 0.6) is 0 Å². The quantitative estimate of drug-likeness (QED) is 0.755. The van der Waals surface area contributed by atoms with Gasteiger partial charge < -0.3 is 4.74 Å². The Hall–Kier alpha value is -0.460. The fourth-order valence-electron chi connectivity index (χ4n) is 2.19. The molecular formula is C13H20N2O2S2. The number of aromatic nitrogens is 2. The first kappa shape index (κ1) is 14.9. The molecule has 0 saturated carbocycles. The summed E-state index contributed by atoms with van der Waals surface area (Å²) in [5.41, 5.74) is 0.718. The Morgan fingerprint density at radius 2 is 2.32 bits per heavy atom. The van der Waals surface area contributed by atoms with Gasteiger partial charge in [-0.15, -0.1) is 11.8 Å². The number of carbonyl (C=O) groups is 1. The van der Waals surface area contributed by atoms with E-state index in [1.165, 1.54) is 0 Å². The third kappa shape index (κ3) is 3.55. The Morgan fingerprint density at radius 1 is 1.53 bits per heavy atom.